The highest BCUT2D eigenvalue weighted by Crippen LogP contribution is 2.18. The number of halogens is 1. The molecule has 0 unspecified atom stereocenters. The van der Waals surface area contributed by atoms with Gasteiger partial charge in [0.25, 0.3) is 0 Å². The van der Waals surface area contributed by atoms with Crippen LogP contribution in [0.2, 0.25) is 0 Å². The standard InChI is InChI=1S/C15H12BrN3O/c1-19-12-7-3-2-6-11(12)18-14(19)9-13(20)15-10(16)5-4-8-17-15/h2-8H,9H2,1H3. The summed E-state index contributed by atoms with van der Waals surface area (Å²) in [6.45, 7) is 0. The molecular weight excluding hydrogens is 318 g/mol. The van der Waals surface area contributed by atoms with Crippen LogP contribution in [-0.4, -0.2) is 20.3 Å². The predicted octanol–water partition coefficient (Wildman–Crippen LogP) is 3.16. The normalized spacial score (nSPS) is 10.9. The average molecular weight is 330 g/mol. The molecule has 2 heterocycles. The zero-order valence-electron chi connectivity index (χ0n) is 10.9. The van der Waals surface area contributed by atoms with E-state index < -0.39 is 0 Å². The lowest BCUT2D eigenvalue weighted by Gasteiger charge is -2.03. The largest absolute Gasteiger partial charge is 0.331 e. The maximum Gasteiger partial charge on any atom is 0.189 e. The molecule has 0 atom stereocenters. The molecule has 20 heavy (non-hydrogen) atoms. The van der Waals surface area contributed by atoms with Crippen LogP contribution in [-0.2, 0) is 13.5 Å². The smallest absolute Gasteiger partial charge is 0.189 e. The third-order valence-electron chi connectivity index (χ3n) is 3.22. The Hall–Kier alpha value is -2.01. The Labute approximate surface area is 124 Å². The fourth-order valence-corrected chi connectivity index (χ4v) is 2.65. The Balaban J connectivity index is 1.96. The Morgan fingerprint density at radius 1 is 1.25 bits per heavy atom. The highest BCUT2D eigenvalue weighted by atomic mass is 79.9. The minimum atomic E-state index is -0.0455. The summed E-state index contributed by atoms with van der Waals surface area (Å²) < 4.78 is 2.66. The second kappa shape index (κ2) is 5.17. The maximum atomic E-state index is 12.3. The number of carbonyl (C=O) groups excluding carboxylic acids is 1. The predicted molar refractivity (Wildman–Crippen MR) is 80.7 cm³/mol. The number of hydrogen-bond acceptors (Lipinski definition) is 3. The number of imidazole rings is 1. The number of hydrogen-bond donors (Lipinski definition) is 0. The quantitative estimate of drug-likeness (QED) is 0.693. The van der Waals surface area contributed by atoms with Crippen LogP contribution in [0.3, 0.4) is 0 Å². The molecule has 0 spiro atoms. The van der Waals surface area contributed by atoms with Crippen LogP contribution in [0.5, 0.6) is 0 Å². The number of para-hydroxylation sites is 2. The van der Waals surface area contributed by atoms with E-state index in [0.717, 1.165) is 16.9 Å². The fraction of sp³-hybridized carbons (Fsp3) is 0.133. The molecule has 0 aliphatic carbocycles. The first kappa shape index (κ1) is 13.0. The third kappa shape index (κ3) is 2.25. The summed E-state index contributed by atoms with van der Waals surface area (Å²) in [6, 6.07) is 11.4. The first-order valence-corrected chi connectivity index (χ1v) is 7.00. The Bertz CT molecular complexity index is 795. The molecule has 0 aliphatic heterocycles. The average Bonchev–Trinajstić information content (AvgIpc) is 2.76. The van der Waals surface area contributed by atoms with Crippen LogP contribution < -0.4 is 0 Å². The first-order valence-electron chi connectivity index (χ1n) is 6.21. The summed E-state index contributed by atoms with van der Waals surface area (Å²) in [7, 11) is 1.92. The zero-order valence-corrected chi connectivity index (χ0v) is 12.5. The van der Waals surface area contributed by atoms with Gasteiger partial charge in [0.2, 0.25) is 0 Å². The van der Waals surface area contributed by atoms with Crippen molar-refractivity contribution in [2.45, 2.75) is 6.42 Å². The molecule has 4 nitrogen and oxygen atoms in total. The lowest BCUT2D eigenvalue weighted by molar-refractivity contribution is 0.0984. The van der Waals surface area contributed by atoms with Gasteiger partial charge in [-0.3, -0.25) is 9.78 Å². The number of aromatic nitrogens is 3. The van der Waals surface area contributed by atoms with E-state index in [0.29, 0.717) is 10.2 Å². The summed E-state index contributed by atoms with van der Waals surface area (Å²) in [5.74, 6) is 0.699. The maximum absolute atomic E-state index is 12.3. The van der Waals surface area contributed by atoms with Crippen molar-refractivity contribution in [3.63, 3.8) is 0 Å². The van der Waals surface area contributed by atoms with Crippen molar-refractivity contribution < 1.29 is 4.79 Å². The number of fused-ring (bicyclic) bond motifs is 1. The number of benzene rings is 1. The fourth-order valence-electron chi connectivity index (χ4n) is 2.17. The van der Waals surface area contributed by atoms with Gasteiger partial charge in [-0.15, -0.1) is 0 Å². The molecule has 5 heteroatoms. The van der Waals surface area contributed by atoms with E-state index in [4.69, 9.17) is 0 Å². The minimum Gasteiger partial charge on any atom is -0.331 e. The van der Waals surface area contributed by atoms with Crippen LogP contribution in [0.4, 0.5) is 0 Å². The van der Waals surface area contributed by atoms with Gasteiger partial charge in [-0.1, -0.05) is 12.1 Å². The summed E-state index contributed by atoms with van der Waals surface area (Å²) >= 11 is 3.35. The molecular formula is C15H12BrN3O. The van der Waals surface area contributed by atoms with Crippen LogP contribution in [0.1, 0.15) is 16.3 Å². The number of nitrogens with zero attached hydrogens (tertiary/aromatic N) is 3. The molecule has 0 saturated carbocycles. The highest BCUT2D eigenvalue weighted by Gasteiger charge is 2.16. The van der Waals surface area contributed by atoms with Crippen molar-refractivity contribution in [1.29, 1.82) is 0 Å². The molecule has 3 aromatic rings. The van der Waals surface area contributed by atoms with Crippen molar-refractivity contribution in [2.24, 2.45) is 7.05 Å². The molecule has 1 aromatic carbocycles. The van der Waals surface area contributed by atoms with Gasteiger partial charge in [-0.2, -0.15) is 0 Å². The van der Waals surface area contributed by atoms with Crippen molar-refractivity contribution >= 4 is 32.7 Å². The number of pyridine rings is 1. The first-order chi connectivity index (χ1) is 9.66. The molecule has 0 aliphatic rings. The van der Waals surface area contributed by atoms with E-state index >= 15 is 0 Å². The van der Waals surface area contributed by atoms with E-state index in [1.165, 1.54) is 0 Å². The molecule has 100 valence electrons. The number of rotatable bonds is 3. The topological polar surface area (TPSA) is 47.8 Å². The summed E-state index contributed by atoms with van der Waals surface area (Å²) in [6.07, 6.45) is 1.85. The van der Waals surface area contributed by atoms with Gasteiger partial charge < -0.3 is 4.57 Å². The van der Waals surface area contributed by atoms with E-state index in [9.17, 15) is 4.79 Å². The lowest BCUT2D eigenvalue weighted by atomic mass is 10.2. The monoisotopic (exact) mass is 329 g/mol. The Kier molecular flexibility index (Phi) is 3.36. The van der Waals surface area contributed by atoms with E-state index in [1.54, 1.807) is 12.3 Å². The number of carbonyl (C=O) groups is 1. The Morgan fingerprint density at radius 2 is 2.05 bits per heavy atom. The van der Waals surface area contributed by atoms with E-state index in [1.807, 2.05) is 41.9 Å². The molecule has 0 amide bonds. The molecule has 0 fully saturated rings. The highest BCUT2D eigenvalue weighted by molar-refractivity contribution is 9.10. The second-order valence-electron chi connectivity index (χ2n) is 4.51. The number of Topliss-reactive ketones (excluding diaryl/α,β-unsaturated/α-hetero) is 1. The molecule has 0 saturated heterocycles. The van der Waals surface area contributed by atoms with Crippen molar-refractivity contribution in [3.05, 3.63) is 58.6 Å². The van der Waals surface area contributed by atoms with Gasteiger partial charge in [0, 0.05) is 17.7 Å². The van der Waals surface area contributed by atoms with Crippen LogP contribution in [0, 0.1) is 0 Å². The third-order valence-corrected chi connectivity index (χ3v) is 3.86. The molecule has 0 bridgehead atoms. The van der Waals surface area contributed by atoms with Crippen molar-refractivity contribution in [3.8, 4) is 0 Å². The van der Waals surface area contributed by atoms with Crippen molar-refractivity contribution in [1.82, 2.24) is 14.5 Å². The summed E-state index contributed by atoms with van der Waals surface area (Å²) in [4.78, 5) is 20.9. The zero-order chi connectivity index (χ0) is 14.1. The minimum absolute atomic E-state index is 0.0455. The van der Waals surface area contributed by atoms with Gasteiger partial charge in [0.15, 0.2) is 5.78 Å². The Morgan fingerprint density at radius 3 is 2.80 bits per heavy atom. The second-order valence-corrected chi connectivity index (χ2v) is 5.36. The van der Waals surface area contributed by atoms with Crippen LogP contribution in [0.25, 0.3) is 11.0 Å². The number of ketones is 1. The summed E-state index contributed by atoms with van der Waals surface area (Å²) in [5.41, 5.74) is 2.37. The van der Waals surface area contributed by atoms with Crippen LogP contribution >= 0.6 is 15.9 Å². The van der Waals surface area contributed by atoms with Gasteiger partial charge in [0.05, 0.1) is 17.5 Å². The molecule has 0 radical (unpaired) electrons. The van der Waals surface area contributed by atoms with E-state index in [-0.39, 0.29) is 12.2 Å². The van der Waals surface area contributed by atoms with Crippen LogP contribution in [0.15, 0.2) is 47.1 Å². The number of aryl methyl sites for hydroxylation is 1. The van der Waals surface area contributed by atoms with Gasteiger partial charge in [0.1, 0.15) is 11.5 Å². The molecule has 0 N–H and O–H groups in total. The van der Waals surface area contributed by atoms with Gasteiger partial charge in [-0.25, -0.2) is 4.98 Å². The van der Waals surface area contributed by atoms with Crippen molar-refractivity contribution in [2.75, 3.05) is 0 Å². The summed E-state index contributed by atoms with van der Waals surface area (Å²) in [5, 5.41) is 0. The van der Waals surface area contributed by atoms with E-state index in [2.05, 4.69) is 25.9 Å². The SMILES string of the molecule is Cn1c(CC(=O)c2ncccc2Br)nc2ccccc21. The molecule has 3 rings (SSSR count). The molecule has 2 aromatic heterocycles. The van der Waals surface area contributed by atoms with Gasteiger partial charge >= 0.3 is 0 Å². The lowest BCUT2D eigenvalue weighted by Crippen LogP contribution is -2.10. The van der Waals surface area contributed by atoms with Gasteiger partial charge in [-0.05, 0) is 40.2 Å².